The van der Waals surface area contributed by atoms with Crippen LogP contribution in [0.5, 0.6) is 5.75 Å². The highest BCUT2D eigenvalue weighted by Crippen LogP contribution is 2.32. The molecule has 2 aromatic rings. The van der Waals surface area contributed by atoms with Crippen LogP contribution in [-0.2, 0) is 11.2 Å². The summed E-state index contributed by atoms with van der Waals surface area (Å²) in [6.45, 7) is 6.81. The van der Waals surface area contributed by atoms with Gasteiger partial charge in [0.25, 0.3) is 0 Å². The van der Waals surface area contributed by atoms with E-state index in [0.29, 0.717) is 13.1 Å². The van der Waals surface area contributed by atoms with E-state index in [4.69, 9.17) is 9.47 Å². The van der Waals surface area contributed by atoms with E-state index in [-0.39, 0.29) is 12.3 Å². The zero-order valence-electron chi connectivity index (χ0n) is 20.6. The predicted molar refractivity (Wildman–Crippen MR) is 136 cm³/mol. The number of carbonyl (C=O) groups excluding carboxylic acids is 1. The van der Waals surface area contributed by atoms with Crippen LogP contribution in [0.25, 0.3) is 0 Å². The van der Waals surface area contributed by atoms with Crippen LogP contribution in [0, 0.1) is 0 Å². The lowest BCUT2D eigenvalue weighted by Crippen LogP contribution is -2.53. The third-order valence-electron chi connectivity index (χ3n) is 6.81. The Morgan fingerprint density at radius 1 is 0.941 bits per heavy atom. The molecule has 8 nitrogen and oxygen atoms in total. The van der Waals surface area contributed by atoms with E-state index in [9.17, 15) is 4.79 Å². The van der Waals surface area contributed by atoms with Gasteiger partial charge in [-0.25, -0.2) is 4.79 Å². The number of amides is 2. The third kappa shape index (κ3) is 6.00. The molecule has 0 aliphatic carbocycles. The standard InChI is InChI=1S/C26H37N5O3/c1-28-11-13-29(14-12-28)23-20-22(9-10-24(23)33-2)27-26(32)31-17-15-30(16-18-31)25(34-3)19-21-7-5-4-6-8-21/h4-10,20,25H,11-19H2,1-3H3,(H,27,32). The molecule has 0 aromatic heterocycles. The zero-order valence-corrected chi connectivity index (χ0v) is 20.6. The van der Waals surface area contributed by atoms with Crippen molar-refractivity contribution in [1.29, 1.82) is 0 Å². The van der Waals surface area contributed by atoms with Crippen molar-refractivity contribution in [2.75, 3.05) is 83.8 Å². The van der Waals surface area contributed by atoms with E-state index in [0.717, 1.165) is 62.8 Å². The summed E-state index contributed by atoms with van der Waals surface area (Å²) in [6, 6.07) is 16.2. The van der Waals surface area contributed by atoms with Crippen molar-refractivity contribution in [2.24, 2.45) is 0 Å². The lowest BCUT2D eigenvalue weighted by molar-refractivity contribution is -0.0474. The van der Waals surface area contributed by atoms with Gasteiger partial charge < -0.3 is 29.5 Å². The molecule has 8 heteroatoms. The first-order valence-corrected chi connectivity index (χ1v) is 12.1. The Bertz CT molecular complexity index is 925. The van der Waals surface area contributed by atoms with E-state index in [1.807, 2.05) is 29.2 Å². The molecule has 2 amide bonds. The number of hydrogen-bond acceptors (Lipinski definition) is 6. The van der Waals surface area contributed by atoms with Crippen molar-refractivity contribution in [1.82, 2.24) is 14.7 Å². The number of carbonyl (C=O) groups is 1. The fraction of sp³-hybridized carbons (Fsp3) is 0.500. The molecule has 2 fully saturated rings. The maximum absolute atomic E-state index is 13.0. The number of hydrogen-bond donors (Lipinski definition) is 1. The first-order valence-electron chi connectivity index (χ1n) is 12.1. The van der Waals surface area contributed by atoms with Gasteiger partial charge in [-0.15, -0.1) is 0 Å². The van der Waals surface area contributed by atoms with Crippen molar-refractivity contribution >= 4 is 17.4 Å². The van der Waals surface area contributed by atoms with Crippen LogP contribution in [0.1, 0.15) is 5.56 Å². The molecule has 2 aliphatic rings. The smallest absolute Gasteiger partial charge is 0.321 e. The molecule has 0 saturated carbocycles. The molecule has 2 aliphatic heterocycles. The van der Waals surface area contributed by atoms with Crippen LogP contribution in [-0.4, -0.2) is 101 Å². The highest BCUT2D eigenvalue weighted by Gasteiger charge is 2.26. The fourth-order valence-corrected chi connectivity index (χ4v) is 4.65. The van der Waals surface area contributed by atoms with Gasteiger partial charge in [0.2, 0.25) is 0 Å². The summed E-state index contributed by atoms with van der Waals surface area (Å²) in [7, 11) is 5.59. The van der Waals surface area contributed by atoms with Crippen LogP contribution in [0.3, 0.4) is 0 Å². The van der Waals surface area contributed by atoms with Gasteiger partial charge >= 0.3 is 6.03 Å². The highest BCUT2D eigenvalue weighted by molar-refractivity contribution is 5.90. The molecule has 0 spiro atoms. The summed E-state index contributed by atoms with van der Waals surface area (Å²) in [4.78, 5) is 21.8. The maximum Gasteiger partial charge on any atom is 0.321 e. The van der Waals surface area contributed by atoms with Crippen LogP contribution >= 0.6 is 0 Å². The van der Waals surface area contributed by atoms with Gasteiger partial charge in [-0.3, -0.25) is 4.90 Å². The number of benzene rings is 2. The van der Waals surface area contributed by atoms with Crippen molar-refractivity contribution in [3.63, 3.8) is 0 Å². The average molecular weight is 468 g/mol. The molecule has 2 saturated heterocycles. The first-order chi connectivity index (χ1) is 16.6. The van der Waals surface area contributed by atoms with Crippen molar-refractivity contribution in [2.45, 2.75) is 12.6 Å². The van der Waals surface area contributed by atoms with E-state index >= 15 is 0 Å². The van der Waals surface area contributed by atoms with Crippen LogP contribution in [0.15, 0.2) is 48.5 Å². The van der Waals surface area contributed by atoms with Gasteiger partial charge in [-0.05, 0) is 30.8 Å². The molecule has 184 valence electrons. The third-order valence-corrected chi connectivity index (χ3v) is 6.81. The first kappa shape index (κ1) is 24.3. The Morgan fingerprint density at radius 3 is 2.29 bits per heavy atom. The Kier molecular flexibility index (Phi) is 8.26. The molecular weight excluding hydrogens is 430 g/mol. The normalized spacial score (nSPS) is 18.6. The molecule has 2 heterocycles. The highest BCUT2D eigenvalue weighted by atomic mass is 16.5. The monoisotopic (exact) mass is 467 g/mol. The van der Waals surface area contributed by atoms with Gasteiger partial charge in [-0.2, -0.15) is 0 Å². The van der Waals surface area contributed by atoms with Crippen LogP contribution in [0.2, 0.25) is 0 Å². The maximum atomic E-state index is 13.0. The Morgan fingerprint density at radius 2 is 1.65 bits per heavy atom. The minimum absolute atomic E-state index is 0.0142. The van der Waals surface area contributed by atoms with E-state index in [1.54, 1.807) is 14.2 Å². The Hall–Kier alpha value is -2.81. The summed E-state index contributed by atoms with van der Waals surface area (Å²) < 4.78 is 11.4. The van der Waals surface area contributed by atoms with E-state index in [1.165, 1.54) is 5.56 Å². The number of urea groups is 1. The van der Waals surface area contributed by atoms with Gasteiger partial charge in [0.15, 0.2) is 0 Å². The lowest BCUT2D eigenvalue weighted by Gasteiger charge is -2.38. The Balaban J connectivity index is 1.33. The van der Waals surface area contributed by atoms with Gasteiger partial charge in [0.05, 0.1) is 12.8 Å². The second kappa shape index (κ2) is 11.6. The molecule has 1 unspecified atom stereocenters. The minimum atomic E-state index is -0.0637. The molecule has 34 heavy (non-hydrogen) atoms. The molecule has 1 atom stereocenters. The average Bonchev–Trinajstić information content (AvgIpc) is 2.88. The summed E-state index contributed by atoms with van der Waals surface area (Å²) in [6.07, 6.45) is 0.852. The van der Waals surface area contributed by atoms with Crippen molar-refractivity contribution in [3.8, 4) is 5.75 Å². The van der Waals surface area contributed by atoms with E-state index < -0.39 is 0 Å². The largest absolute Gasteiger partial charge is 0.495 e. The number of rotatable bonds is 7. The van der Waals surface area contributed by atoms with Crippen LogP contribution < -0.4 is 15.0 Å². The van der Waals surface area contributed by atoms with Gasteiger partial charge in [0.1, 0.15) is 12.0 Å². The summed E-state index contributed by atoms with van der Waals surface area (Å²) in [5.41, 5.74) is 3.08. The molecule has 0 radical (unpaired) electrons. The molecular formula is C26H37N5O3. The number of likely N-dealkylation sites (N-methyl/N-ethyl adjacent to an activating group) is 1. The SMILES string of the molecule is COc1ccc(NC(=O)N2CCN(C(Cc3ccccc3)OC)CC2)cc1N1CCN(C)CC1. The number of nitrogens with zero attached hydrogens (tertiary/aromatic N) is 4. The van der Waals surface area contributed by atoms with Crippen LogP contribution in [0.4, 0.5) is 16.2 Å². The number of nitrogens with one attached hydrogen (secondary N) is 1. The summed E-state index contributed by atoms with van der Waals surface area (Å²) in [5, 5.41) is 3.09. The second-order valence-corrected chi connectivity index (χ2v) is 9.01. The van der Waals surface area contributed by atoms with Gasteiger partial charge in [0, 0.05) is 71.6 Å². The molecule has 0 bridgehead atoms. The topological polar surface area (TPSA) is 60.5 Å². The quantitative estimate of drug-likeness (QED) is 0.676. The van der Waals surface area contributed by atoms with Crippen molar-refractivity contribution < 1.29 is 14.3 Å². The fourth-order valence-electron chi connectivity index (χ4n) is 4.65. The zero-order chi connectivity index (χ0) is 23.9. The minimum Gasteiger partial charge on any atom is -0.495 e. The predicted octanol–water partition coefficient (Wildman–Crippen LogP) is 2.81. The number of piperazine rings is 2. The van der Waals surface area contributed by atoms with Gasteiger partial charge in [-0.1, -0.05) is 30.3 Å². The summed E-state index contributed by atoms with van der Waals surface area (Å²) >= 11 is 0. The number of methoxy groups -OCH3 is 2. The summed E-state index contributed by atoms with van der Waals surface area (Å²) in [5.74, 6) is 0.834. The Labute approximate surface area is 203 Å². The lowest BCUT2D eigenvalue weighted by atomic mass is 10.1. The molecule has 4 rings (SSSR count). The second-order valence-electron chi connectivity index (χ2n) is 9.01. The molecule has 1 N–H and O–H groups in total. The van der Waals surface area contributed by atoms with Crippen molar-refractivity contribution in [3.05, 3.63) is 54.1 Å². The van der Waals surface area contributed by atoms with E-state index in [2.05, 4.69) is 51.3 Å². The molecule has 2 aromatic carbocycles. The number of anilines is 2. The number of ether oxygens (including phenoxy) is 2.